The van der Waals surface area contributed by atoms with Crippen LogP contribution in [0, 0.1) is 0 Å². The summed E-state index contributed by atoms with van der Waals surface area (Å²) in [4.78, 5) is 30.6. The highest BCUT2D eigenvalue weighted by molar-refractivity contribution is 5.80. The van der Waals surface area contributed by atoms with E-state index >= 15 is 0 Å². The van der Waals surface area contributed by atoms with Crippen molar-refractivity contribution >= 4 is 23.3 Å². The van der Waals surface area contributed by atoms with Gasteiger partial charge in [-0.2, -0.15) is 10.1 Å². The number of imidazole rings is 1. The molecule has 0 radical (unpaired) electrons. The maximum atomic E-state index is 12.2. The molecule has 130 valence electrons. The molecule has 25 heavy (non-hydrogen) atoms. The monoisotopic (exact) mass is 342 g/mol. The van der Waals surface area contributed by atoms with Gasteiger partial charge in [0.05, 0.1) is 12.8 Å². The van der Waals surface area contributed by atoms with E-state index in [1.807, 2.05) is 30.3 Å². The Morgan fingerprint density at radius 3 is 2.80 bits per heavy atom. The largest absolute Gasteiger partial charge is 0.383 e. The molecule has 0 aliphatic heterocycles. The number of aryl methyl sites for hydroxylation is 1. The van der Waals surface area contributed by atoms with Crippen molar-refractivity contribution in [1.82, 2.24) is 19.1 Å². The Bertz CT molecular complexity index is 1020. The number of hydrogen-bond acceptors (Lipinski definition) is 6. The first-order chi connectivity index (χ1) is 12.1. The number of aromatic nitrogens is 4. The van der Waals surface area contributed by atoms with Gasteiger partial charge in [-0.15, -0.1) is 0 Å². The molecule has 0 aliphatic carbocycles. The van der Waals surface area contributed by atoms with E-state index in [2.05, 4.69) is 20.5 Å². The van der Waals surface area contributed by atoms with Crippen LogP contribution in [0.15, 0.2) is 45.0 Å². The molecule has 0 fully saturated rings. The number of nitrogens with one attached hydrogen (secondary N) is 2. The van der Waals surface area contributed by atoms with Gasteiger partial charge in [-0.3, -0.25) is 14.3 Å². The fourth-order valence-electron chi connectivity index (χ4n) is 2.42. The molecule has 1 aromatic carbocycles. The molecule has 3 aromatic rings. The Morgan fingerprint density at radius 2 is 2.08 bits per heavy atom. The Labute approximate surface area is 142 Å². The van der Waals surface area contributed by atoms with E-state index in [-0.39, 0.29) is 11.2 Å². The zero-order chi connectivity index (χ0) is 17.8. The summed E-state index contributed by atoms with van der Waals surface area (Å²) < 4.78 is 8.01. The summed E-state index contributed by atoms with van der Waals surface area (Å²) in [6.07, 6.45) is 1.64. The number of anilines is 1. The predicted molar refractivity (Wildman–Crippen MR) is 95.1 cm³/mol. The average molecular weight is 342 g/mol. The third kappa shape index (κ3) is 3.36. The average Bonchev–Trinajstić information content (AvgIpc) is 2.98. The van der Waals surface area contributed by atoms with Gasteiger partial charge in [0.2, 0.25) is 5.95 Å². The van der Waals surface area contributed by atoms with Crippen molar-refractivity contribution in [2.75, 3.05) is 19.1 Å². The molecule has 9 heteroatoms. The molecule has 0 saturated carbocycles. The summed E-state index contributed by atoms with van der Waals surface area (Å²) in [5, 5.41) is 4.16. The quantitative estimate of drug-likeness (QED) is 0.502. The topological polar surface area (TPSA) is 106 Å². The minimum Gasteiger partial charge on any atom is -0.383 e. The zero-order valence-electron chi connectivity index (χ0n) is 13.9. The van der Waals surface area contributed by atoms with Crippen LogP contribution in [0.5, 0.6) is 0 Å². The number of rotatable bonds is 6. The fraction of sp³-hybridized carbons (Fsp3) is 0.250. The highest BCUT2D eigenvalue weighted by atomic mass is 16.5. The van der Waals surface area contributed by atoms with E-state index in [1.165, 1.54) is 4.57 Å². The van der Waals surface area contributed by atoms with E-state index in [0.717, 1.165) is 5.56 Å². The molecular formula is C16H18N6O3. The Hall–Kier alpha value is -3.20. The number of benzene rings is 1. The highest BCUT2D eigenvalue weighted by Crippen LogP contribution is 2.15. The third-order valence-electron chi connectivity index (χ3n) is 3.70. The van der Waals surface area contributed by atoms with Gasteiger partial charge >= 0.3 is 5.69 Å². The van der Waals surface area contributed by atoms with Crippen LogP contribution in [-0.2, 0) is 18.3 Å². The molecule has 2 N–H and O–H groups in total. The lowest BCUT2D eigenvalue weighted by Crippen LogP contribution is -2.29. The molecule has 0 amide bonds. The molecule has 3 rings (SSSR count). The maximum Gasteiger partial charge on any atom is 0.329 e. The van der Waals surface area contributed by atoms with Crippen LogP contribution in [0.2, 0.25) is 0 Å². The van der Waals surface area contributed by atoms with E-state index in [4.69, 9.17) is 4.74 Å². The van der Waals surface area contributed by atoms with Crippen LogP contribution in [0.4, 0.5) is 5.95 Å². The second-order valence-electron chi connectivity index (χ2n) is 5.35. The fourth-order valence-corrected chi connectivity index (χ4v) is 2.42. The Balaban J connectivity index is 2.03. The van der Waals surface area contributed by atoms with Crippen LogP contribution in [0.25, 0.3) is 11.2 Å². The summed E-state index contributed by atoms with van der Waals surface area (Å²) in [5.41, 5.74) is 3.30. The second kappa shape index (κ2) is 7.14. The van der Waals surface area contributed by atoms with E-state index in [9.17, 15) is 9.59 Å². The zero-order valence-corrected chi connectivity index (χ0v) is 13.9. The predicted octanol–water partition coefficient (Wildman–Crippen LogP) is 0.516. The minimum atomic E-state index is -0.520. The molecule has 2 aromatic heterocycles. The number of aromatic amines is 1. The molecule has 0 saturated heterocycles. The Morgan fingerprint density at radius 1 is 1.32 bits per heavy atom. The number of nitrogens with zero attached hydrogens (tertiary/aromatic N) is 4. The van der Waals surface area contributed by atoms with Crippen molar-refractivity contribution in [2.45, 2.75) is 6.54 Å². The van der Waals surface area contributed by atoms with Crippen LogP contribution in [0.3, 0.4) is 0 Å². The van der Waals surface area contributed by atoms with Crippen molar-refractivity contribution in [3.05, 3.63) is 56.7 Å². The standard InChI is InChI=1S/C16H18N6O3/c1-21-13-12(14(23)19-16(21)24)22(8-9-25-2)15(18-13)20-17-10-11-6-4-3-5-7-11/h3-7,10H,8-9H2,1-2H3,(H,18,20)(H,19,23,24)/b17-10+. The third-order valence-corrected chi connectivity index (χ3v) is 3.70. The lowest BCUT2D eigenvalue weighted by Gasteiger charge is -2.07. The van der Waals surface area contributed by atoms with Gasteiger partial charge in [0.15, 0.2) is 11.2 Å². The SMILES string of the molecule is COCCn1c(N/N=C/c2ccccc2)nc2c1c(=O)[nH]c(=O)n2C. The molecule has 0 unspecified atom stereocenters. The number of hydrazone groups is 1. The van der Waals surface area contributed by atoms with Gasteiger partial charge in [-0.05, 0) is 5.56 Å². The number of methoxy groups -OCH3 is 1. The number of H-pyrrole nitrogens is 1. The van der Waals surface area contributed by atoms with Crippen molar-refractivity contribution < 1.29 is 4.74 Å². The maximum absolute atomic E-state index is 12.2. The van der Waals surface area contributed by atoms with Gasteiger partial charge in [0.25, 0.3) is 5.56 Å². The first-order valence-electron chi connectivity index (χ1n) is 7.64. The van der Waals surface area contributed by atoms with Crippen LogP contribution in [-0.4, -0.2) is 39.0 Å². The summed E-state index contributed by atoms with van der Waals surface area (Å²) >= 11 is 0. The lowest BCUT2D eigenvalue weighted by molar-refractivity contribution is 0.188. The van der Waals surface area contributed by atoms with Crippen LogP contribution < -0.4 is 16.7 Å². The van der Waals surface area contributed by atoms with Crippen molar-refractivity contribution in [3.8, 4) is 0 Å². The molecule has 0 spiro atoms. The Kier molecular flexibility index (Phi) is 4.75. The smallest absolute Gasteiger partial charge is 0.329 e. The minimum absolute atomic E-state index is 0.280. The van der Waals surface area contributed by atoms with Gasteiger partial charge in [-0.1, -0.05) is 30.3 Å². The molecule has 9 nitrogen and oxygen atoms in total. The van der Waals surface area contributed by atoms with Gasteiger partial charge in [0, 0.05) is 20.7 Å². The summed E-state index contributed by atoms with van der Waals surface area (Å²) in [6, 6.07) is 9.55. The van der Waals surface area contributed by atoms with Crippen LogP contribution in [0.1, 0.15) is 5.56 Å². The van der Waals surface area contributed by atoms with Crippen molar-refractivity contribution in [3.63, 3.8) is 0 Å². The summed E-state index contributed by atoms with van der Waals surface area (Å²) in [5.74, 6) is 0.353. The van der Waals surface area contributed by atoms with Crippen molar-refractivity contribution in [1.29, 1.82) is 0 Å². The molecule has 0 aliphatic rings. The van der Waals surface area contributed by atoms with E-state index < -0.39 is 11.2 Å². The molecule has 0 atom stereocenters. The van der Waals surface area contributed by atoms with Gasteiger partial charge in [-0.25, -0.2) is 10.2 Å². The summed E-state index contributed by atoms with van der Waals surface area (Å²) in [7, 11) is 3.12. The van der Waals surface area contributed by atoms with Crippen LogP contribution >= 0.6 is 0 Å². The molecule has 2 heterocycles. The van der Waals surface area contributed by atoms with Gasteiger partial charge in [0.1, 0.15) is 0 Å². The number of fused-ring (bicyclic) bond motifs is 1. The molecule has 0 bridgehead atoms. The number of hydrogen-bond donors (Lipinski definition) is 2. The lowest BCUT2D eigenvalue weighted by atomic mass is 10.2. The van der Waals surface area contributed by atoms with E-state index in [1.54, 1.807) is 24.9 Å². The van der Waals surface area contributed by atoms with E-state index in [0.29, 0.717) is 19.1 Å². The normalized spacial score (nSPS) is 11.4. The first-order valence-corrected chi connectivity index (χ1v) is 7.64. The highest BCUT2D eigenvalue weighted by Gasteiger charge is 2.16. The van der Waals surface area contributed by atoms with Gasteiger partial charge < -0.3 is 9.30 Å². The second-order valence-corrected chi connectivity index (χ2v) is 5.35. The summed E-state index contributed by atoms with van der Waals surface area (Å²) in [6.45, 7) is 0.766. The first kappa shape index (κ1) is 16.7. The molecular weight excluding hydrogens is 324 g/mol. The number of ether oxygens (including phenoxy) is 1. The van der Waals surface area contributed by atoms with Crippen molar-refractivity contribution in [2.24, 2.45) is 12.1 Å².